The average molecular weight is 351 g/mol. The van der Waals surface area contributed by atoms with Crippen molar-refractivity contribution in [3.05, 3.63) is 35.2 Å². The minimum absolute atomic E-state index is 0.355. The Bertz CT molecular complexity index is 650. The molecular formula is C18H27ClN4O. The van der Waals surface area contributed by atoms with Crippen molar-refractivity contribution in [2.24, 2.45) is 0 Å². The Morgan fingerprint density at radius 1 is 1.25 bits per heavy atom. The molecule has 3 rings (SSSR count). The summed E-state index contributed by atoms with van der Waals surface area (Å²) in [6, 6.07) is 3.81. The molecule has 3 heterocycles. The summed E-state index contributed by atoms with van der Waals surface area (Å²) in [5, 5.41) is 4.24. The molecule has 0 unspecified atom stereocenters. The Morgan fingerprint density at radius 2 is 2.04 bits per heavy atom. The summed E-state index contributed by atoms with van der Waals surface area (Å²) in [6.07, 6.45) is 6.93. The van der Waals surface area contributed by atoms with Crippen molar-refractivity contribution >= 4 is 17.2 Å². The highest BCUT2D eigenvalue weighted by Gasteiger charge is 2.21. The van der Waals surface area contributed by atoms with Gasteiger partial charge in [-0.25, -0.2) is 4.98 Å². The lowest BCUT2D eigenvalue weighted by Gasteiger charge is -2.35. The molecular weight excluding hydrogens is 324 g/mol. The second-order valence-corrected chi connectivity index (χ2v) is 7.16. The Morgan fingerprint density at radius 3 is 2.83 bits per heavy atom. The van der Waals surface area contributed by atoms with Crippen molar-refractivity contribution in [2.45, 2.75) is 45.4 Å². The van der Waals surface area contributed by atoms with Gasteiger partial charge in [0.1, 0.15) is 5.65 Å². The smallest absolute Gasteiger partial charge is 0.137 e. The minimum atomic E-state index is 0.355. The fourth-order valence-corrected chi connectivity index (χ4v) is 3.57. The summed E-state index contributed by atoms with van der Waals surface area (Å²) in [4.78, 5) is 6.92. The lowest BCUT2D eigenvalue weighted by Crippen LogP contribution is -2.45. The van der Waals surface area contributed by atoms with E-state index in [1.165, 1.54) is 12.8 Å². The monoisotopic (exact) mass is 350 g/mol. The molecule has 2 aromatic heterocycles. The van der Waals surface area contributed by atoms with Gasteiger partial charge in [-0.15, -0.1) is 0 Å². The van der Waals surface area contributed by atoms with E-state index >= 15 is 0 Å². The van der Waals surface area contributed by atoms with Crippen molar-refractivity contribution in [1.82, 2.24) is 19.6 Å². The Balaban J connectivity index is 1.36. The van der Waals surface area contributed by atoms with Crippen LogP contribution in [0.3, 0.4) is 0 Å². The number of aromatic nitrogens is 2. The van der Waals surface area contributed by atoms with Crippen LogP contribution in [-0.2, 0) is 11.3 Å². The van der Waals surface area contributed by atoms with E-state index in [0.29, 0.717) is 12.2 Å². The molecule has 2 aromatic rings. The molecule has 2 atom stereocenters. The molecule has 1 N–H and O–H groups in total. The molecule has 1 saturated heterocycles. The van der Waals surface area contributed by atoms with Gasteiger partial charge in [-0.1, -0.05) is 11.6 Å². The van der Waals surface area contributed by atoms with Gasteiger partial charge in [0, 0.05) is 25.8 Å². The fourth-order valence-electron chi connectivity index (χ4n) is 3.40. The van der Waals surface area contributed by atoms with Crippen LogP contribution in [0.4, 0.5) is 0 Å². The maximum absolute atomic E-state index is 6.06. The van der Waals surface area contributed by atoms with E-state index in [2.05, 4.69) is 29.0 Å². The number of ether oxygens (including phenoxy) is 1. The molecule has 0 spiro atoms. The molecule has 1 aliphatic rings. The van der Waals surface area contributed by atoms with Gasteiger partial charge in [0.25, 0.3) is 0 Å². The topological polar surface area (TPSA) is 41.8 Å². The van der Waals surface area contributed by atoms with Gasteiger partial charge in [0.2, 0.25) is 0 Å². The summed E-state index contributed by atoms with van der Waals surface area (Å²) >= 11 is 6.06. The Kier molecular flexibility index (Phi) is 6.11. The maximum Gasteiger partial charge on any atom is 0.137 e. The lowest BCUT2D eigenvalue weighted by atomic mass is 10.2. The average Bonchev–Trinajstić information content (AvgIpc) is 2.92. The van der Waals surface area contributed by atoms with E-state index in [-0.39, 0.29) is 0 Å². The number of rotatable bonds is 7. The largest absolute Gasteiger partial charge is 0.373 e. The third-order valence-electron chi connectivity index (χ3n) is 4.43. The van der Waals surface area contributed by atoms with Crippen LogP contribution in [0.5, 0.6) is 0 Å². The number of nitrogens with zero attached hydrogens (tertiary/aromatic N) is 3. The van der Waals surface area contributed by atoms with Crippen LogP contribution in [-0.4, -0.2) is 52.7 Å². The van der Waals surface area contributed by atoms with Crippen LogP contribution in [0.15, 0.2) is 24.5 Å². The van der Waals surface area contributed by atoms with Crippen LogP contribution < -0.4 is 5.32 Å². The van der Waals surface area contributed by atoms with Crippen LogP contribution in [0.1, 0.15) is 32.4 Å². The highest BCUT2D eigenvalue weighted by Crippen LogP contribution is 2.13. The van der Waals surface area contributed by atoms with E-state index in [1.807, 2.05) is 28.9 Å². The fraction of sp³-hybridized carbons (Fsp3) is 0.611. The van der Waals surface area contributed by atoms with Crippen molar-refractivity contribution in [3.63, 3.8) is 0 Å². The van der Waals surface area contributed by atoms with Gasteiger partial charge in [-0.2, -0.15) is 0 Å². The van der Waals surface area contributed by atoms with Gasteiger partial charge in [0.15, 0.2) is 0 Å². The molecule has 0 amide bonds. The third-order valence-corrected chi connectivity index (χ3v) is 4.65. The zero-order valence-electron chi connectivity index (χ0n) is 14.5. The lowest BCUT2D eigenvalue weighted by molar-refractivity contribution is -0.0681. The molecule has 0 saturated carbocycles. The highest BCUT2D eigenvalue weighted by molar-refractivity contribution is 6.30. The second kappa shape index (κ2) is 8.30. The summed E-state index contributed by atoms with van der Waals surface area (Å²) in [7, 11) is 0. The number of hydrogen-bond acceptors (Lipinski definition) is 4. The number of hydrogen-bond donors (Lipinski definition) is 1. The van der Waals surface area contributed by atoms with E-state index < -0.39 is 0 Å². The SMILES string of the molecule is C[C@@H]1CN(CCCCNCc2cnc3ccc(Cl)cn23)C[C@@H](C)O1. The standard InChI is InChI=1S/C18H27ClN4O/c1-14-11-22(12-15(2)24-14)8-4-3-7-20-9-17-10-21-18-6-5-16(19)13-23(17)18/h5-6,10,13-15,20H,3-4,7-9,11-12H2,1-2H3/t14-,15-/m1/s1. The second-order valence-electron chi connectivity index (χ2n) is 6.73. The third kappa shape index (κ3) is 4.70. The van der Waals surface area contributed by atoms with E-state index in [9.17, 15) is 0 Å². The van der Waals surface area contributed by atoms with Crippen molar-refractivity contribution in [2.75, 3.05) is 26.2 Å². The Hall–Kier alpha value is -1.14. The number of fused-ring (bicyclic) bond motifs is 1. The molecule has 0 aromatic carbocycles. The van der Waals surface area contributed by atoms with Crippen LogP contribution in [0, 0.1) is 0 Å². The normalized spacial score (nSPS) is 22.3. The number of morpholine rings is 1. The number of nitrogens with one attached hydrogen (secondary N) is 1. The van der Waals surface area contributed by atoms with Gasteiger partial charge in [0.05, 0.1) is 29.1 Å². The molecule has 0 aliphatic carbocycles. The van der Waals surface area contributed by atoms with Crippen molar-refractivity contribution in [1.29, 1.82) is 0 Å². The zero-order valence-corrected chi connectivity index (χ0v) is 15.3. The number of imidazole rings is 1. The number of halogens is 1. The molecule has 0 bridgehead atoms. The van der Waals surface area contributed by atoms with E-state index in [1.54, 1.807) is 0 Å². The predicted molar refractivity (Wildman–Crippen MR) is 97.6 cm³/mol. The van der Waals surface area contributed by atoms with Crippen molar-refractivity contribution in [3.8, 4) is 0 Å². The molecule has 5 nitrogen and oxygen atoms in total. The minimum Gasteiger partial charge on any atom is -0.373 e. The van der Waals surface area contributed by atoms with Crippen LogP contribution >= 0.6 is 11.6 Å². The van der Waals surface area contributed by atoms with Gasteiger partial charge >= 0.3 is 0 Å². The molecule has 6 heteroatoms. The van der Waals surface area contributed by atoms with Crippen LogP contribution in [0.2, 0.25) is 5.02 Å². The molecule has 132 valence electrons. The quantitative estimate of drug-likeness (QED) is 0.779. The van der Waals surface area contributed by atoms with E-state index in [0.717, 1.165) is 49.1 Å². The molecule has 0 radical (unpaired) electrons. The highest BCUT2D eigenvalue weighted by atomic mass is 35.5. The number of unbranched alkanes of at least 4 members (excludes halogenated alkanes) is 1. The Labute approximate surface area is 149 Å². The summed E-state index contributed by atoms with van der Waals surface area (Å²) in [6.45, 7) is 9.42. The van der Waals surface area contributed by atoms with E-state index in [4.69, 9.17) is 16.3 Å². The molecule has 24 heavy (non-hydrogen) atoms. The van der Waals surface area contributed by atoms with Gasteiger partial charge in [-0.05, 0) is 51.9 Å². The first-order chi connectivity index (χ1) is 11.6. The van der Waals surface area contributed by atoms with Crippen LogP contribution in [0.25, 0.3) is 5.65 Å². The maximum atomic E-state index is 6.06. The number of pyridine rings is 1. The first kappa shape index (κ1) is 17.7. The summed E-state index contributed by atoms with van der Waals surface area (Å²) in [5.41, 5.74) is 2.08. The first-order valence-electron chi connectivity index (χ1n) is 8.82. The molecule has 1 fully saturated rings. The predicted octanol–water partition coefficient (Wildman–Crippen LogP) is 2.97. The van der Waals surface area contributed by atoms with Gasteiger partial charge < -0.3 is 14.5 Å². The van der Waals surface area contributed by atoms with Gasteiger partial charge in [-0.3, -0.25) is 4.90 Å². The molecule has 1 aliphatic heterocycles. The van der Waals surface area contributed by atoms with Crippen molar-refractivity contribution < 1.29 is 4.74 Å². The zero-order chi connectivity index (χ0) is 16.9. The first-order valence-corrected chi connectivity index (χ1v) is 9.19. The summed E-state index contributed by atoms with van der Waals surface area (Å²) < 4.78 is 7.82. The summed E-state index contributed by atoms with van der Waals surface area (Å²) in [5.74, 6) is 0.